The Balaban J connectivity index is 1.45. The highest BCUT2D eigenvalue weighted by atomic mass is 19.4. The van der Waals surface area contributed by atoms with E-state index in [1.54, 1.807) is 0 Å². The van der Waals surface area contributed by atoms with Crippen molar-refractivity contribution < 1.29 is 22.7 Å². The number of rotatable bonds is 6. The van der Waals surface area contributed by atoms with Crippen LogP contribution in [0.25, 0.3) is 0 Å². The van der Waals surface area contributed by atoms with Gasteiger partial charge in [0.1, 0.15) is 0 Å². The van der Waals surface area contributed by atoms with Crippen molar-refractivity contribution in [1.82, 2.24) is 10.2 Å². The van der Waals surface area contributed by atoms with Gasteiger partial charge in [0, 0.05) is 38.2 Å². The first kappa shape index (κ1) is 22.2. The minimum absolute atomic E-state index is 0.190. The lowest BCUT2D eigenvalue weighted by Crippen LogP contribution is -2.48. The fourth-order valence-corrected chi connectivity index (χ4v) is 4.93. The first-order valence-electron chi connectivity index (χ1n) is 11.2. The van der Waals surface area contributed by atoms with Gasteiger partial charge < -0.3 is 20.3 Å². The van der Waals surface area contributed by atoms with Crippen LogP contribution in [0.5, 0.6) is 0 Å². The van der Waals surface area contributed by atoms with Crippen molar-refractivity contribution in [3.63, 3.8) is 0 Å². The summed E-state index contributed by atoms with van der Waals surface area (Å²) in [6.45, 7) is 5.47. The summed E-state index contributed by atoms with van der Waals surface area (Å²) in [4.78, 5) is 17.1. The van der Waals surface area contributed by atoms with Crippen LogP contribution in [0.15, 0.2) is 18.2 Å². The highest BCUT2D eigenvalue weighted by molar-refractivity contribution is 5.93. The molecular formula is C22H31F3N4O2. The molecule has 0 radical (unpaired) electrons. The number of nitrogens with zero attached hydrogens (tertiary/aromatic N) is 2. The van der Waals surface area contributed by atoms with Crippen molar-refractivity contribution in [1.29, 1.82) is 0 Å². The predicted molar refractivity (Wildman–Crippen MR) is 113 cm³/mol. The van der Waals surface area contributed by atoms with E-state index in [-0.39, 0.29) is 11.7 Å². The Morgan fingerprint density at radius 2 is 1.84 bits per heavy atom. The van der Waals surface area contributed by atoms with Crippen molar-refractivity contribution in [2.45, 2.75) is 44.3 Å². The van der Waals surface area contributed by atoms with E-state index in [0.717, 1.165) is 77.0 Å². The maximum absolute atomic E-state index is 13.3. The van der Waals surface area contributed by atoms with Gasteiger partial charge in [-0.05, 0) is 63.4 Å². The fraction of sp³-hybridized carbons (Fsp3) is 0.682. The molecule has 0 unspecified atom stereocenters. The summed E-state index contributed by atoms with van der Waals surface area (Å²) in [5.74, 6) is 0.368. The van der Waals surface area contributed by atoms with Crippen LogP contribution in [0.3, 0.4) is 0 Å². The second kappa shape index (κ2) is 9.65. The van der Waals surface area contributed by atoms with Crippen LogP contribution < -0.4 is 15.5 Å². The van der Waals surface area contributed by atoms with Crippen LogP contribution in [0, 0.1) is 5.92 Å². The van der Waals surface area contributed by atoms with Crippen molar-refractivity contribution >= 4 is 17.4 Å². The van der Waals surface area contributed by atoms with E-state index in [1.165, 1.54) is 6.07 Å². The highest BCUT2D eigenvalue weighted by Gasteiger charge is 2.33. The number of amides is 2. The van der Waals surface area contributed by atoms with Gasteiger partial charge in [-0.25, -0.2) is 4.79 Å². The number of ether oxygens (including phenoxy) is 1. The molecule has 0 bridgehead atoms. The molecule has 31 heavy (non-hydrogen) atoms. The zero-order chi connectivity index (χ0) is 21.8. The number of alkyl halides is 3. The molecule has 0 saturated carbocycles. The third kappa shape index (κ3) is 5.44. The number of halogens is 3. The lowest BCUT2D eigenvalue weighted by Gasteiger charge is -2.32. The lowest BCUT2D eigenvalue weighted by atomic mass is 9.97. The number of likely N-dealkylation sites (tertiary alicyclic amines) is 1. The average Bonchev–Trinajstić information content (AvgIpc) is 3.50. The van der Waals surface area contributed by atoms with Gasteiger partial charge in [-0.3, -0.25) is 4.90 Å². The van der Waals surface area contributed by atoms with E-state index < -0.39 is 17.8 Å². The van der Waals surface area contributed by atoms with Crippen molar-refractivity contribution in [3.05, 3.63) is 23.8 Å². The van der Waals surface area contributed by atoms with Gasteiger partial charge in [-0.1, -0.05) is 0 Å². The van der Waals surface area contributed by atoms with E-state index in [0.29, 0.717) is 24.8 Å². The average molecular weight is 441 g/mol. The molecule has 1 aromatic rings. The van der Waals surface area contributed by atoms with Crippen molar-refractivity contribution in [2.75, 3.05) is 56.2 Å². The molecule has 3 heterocycles. The van der Waals surface area contributed by atoms with Crippen molar-refractivity contribution in [2.24, 2.45) is 5.92 Å². The third-order valence-corrected chi connectivity index (χ3v) is 6.61. The molecule has 0 spiro atoms. The first-order valence-corrected chi connectivity index (χ1v) is 11.2. The quantitative estimate of drug-likeness (QED) is 0.704. The van der Waals surface area contributed by atoms with Gasteiger partial charge in [0.2, 0.25) is 0 Å². The topological polar surface area (TPSA) is 56.8 Å². The van der Waals surface area contributed by atoms with Crippen LogP contribution >= 0.6 is 0 Å². The summed E-state index contributed by atoms with van der Waals surface area (Å²) in [6.07, 6.45) is 0.803. The van der Waals surface area contributed by atoms with Gasteiger partial charge in [-0.15, -0.1) is 0 Å². The van der Waals surface area contributed by atoms with Gasteiger partial charge in [0.15, 0.2) is 0 Å². The van der Waals surface area contributed by atoms with E-state index in [4.69, 9.17) is 4.74 Å². The zero-order valence-electron chi connectivity index (χ0n) is 17.7. The molecule has 9 heteroatoms. The number of benzene rings is 1. The summed E-state index contributed by atoms with van der Waals surface area (Å²) in [5, 5.41) is 5.61. The van der Waals surface area contributed by atoms with Crippen LogP contribution in [-0.2, 0) is 10.9 Å². The number of anilines is 2. The van der Waals surface area contributed by atoms with E-state index in [1.807, 2.05) is 4.90 Å². The van der Waals surface area contributed by atoms with Crippen LogP contribution in [0.1, 0.15) is 37.7 Å². The van der Waals surface area contributed by atoms with Gasteiger partial charge in [0.25, 0.3) is 0 Å². The lowest BCUT2D eigenvalue weighted by molar-refractivity contribution is -0.137. The van der Waals surface area contributed by atoms with Crippen LogP contribution in [0.2, 0.25) is 0 Å². The molecule has 3 aliphatic heterocycles. The Kier molecular flexibility index (Phi) is 6.91. The summed E-state index contributed by atoms with van der Waals surface area (Å²) in [6, 6.07) is 3.31. The predicted octanol–water partition coefficient (Wildman–Crippen LogP) is 3.93. The minimum atomic E-state index is -4.46. The number of nitrogens with one attached hydrogen (secondary N) is 2. The molecule has 6 nitrogen and oxygen atoms in total. The Morgan fingerprint density at radius 3 is 2.48 bits per heavy atom. The monoisotopic (exact) mass is 440 g/mol. The molecule has 3 fully saturated rings. The SMILES string of the molecule is O=C(NC[C@H]([C@@H]1CCOC1)N1CCCC1)Nc1cc(C(F)(F)F)ccc1N1CCCC1. The summed E-state index contributed by atoms with van der Waals surface area (Å²) >= 11 is 0. The smallest absolute Gasteiger partial charge is 0.381 e. The van der Waals surface area contributed by atoms with Crippen molar-refractivity contribution in [3.8, 4) is 0 Å². The fourth-order valence-electron chi connectivity index (χ4n) is 4.93. The summed E-state index contributed by atoms with van der Waals surface area (Å²) in [5.41, 5.74) is 0.0841. The summed E-state index contributed by atoms with van der Waals surface area (Å²) in [7, 11) is 0. The molecule has 172 valence electrons. The Labute approximate surface area is 181 Å². The maximum Gasteiger partial charge on any atom is 0.416 e. The second-order valence-corrected chi connectivity index (χ2v) is 8.69. The number of hydrogen-bond donors (Lipinski definition) is 2. The maximum atomic E-state index is 13.3. The molecule has 1 aromatic carbocycles. The van der Waals surface area contributed by atoms with Gasteiger partial charge >= 0.3 is 12.2 Å². The first-order chi connectivity index (χ1) is 14.9. The molecule has 3 aliphatic rings. The molecule has 0 aliphatic carbocycles. The van der Waals surface area contributed by atoms with Crippen LogP contribution in [0.4, 0.5) is 29.3 Å². The van der Waals surface area contributed by atoms with Crippen LogP contribution in [-0.4, -0.2) is 62.9 Å². The number of hydrogen-bond acceptors (Lipinski definition) is 4. The number of carbonyl (C=O) groups excluding carboxylic acids is 1. The molecule has 0 aromatic heterocycles. The molecule has 2 amide bonds. The largest absolute Gasteiger partial charge is 0.416 e. The Hall–Kier alpha value is -2.00. The molecular weight excluding hydrogens is 409 g/mol. The zero-order valence-corrected chi connectivity index (χ0v) is 17.7. The number of carbonyl (C=O) groups is 1. The molecule has 3 saturated heterocycles. The Morgan fingerprint density at radius 1 is 1.13 bits per heavy atom. The second-order valence-electron chi connectivity index (χ2n) is 8.69. The standard InChI is InChI=1S/C22H31F3N4O2/c23-22(24,25)17-5-6-19(28-8-1-2-9-28)18(13-17)27-21(30)26-14-20(16-7-12-31-15-16)29-10-3-4-11-29/h5-6,13,16,20H,1-4,7-12,14-15H2,(H2,26,27,30)/t16-,20-/m1/s1. The highest BCUT2D eigenvalue weighted by Crippen LogP contribution is 2.36. The molecule has 4 rings (SSSR count). The van der Waals surface area contributed by atoms with Gasteiger partial charge in [-0.2, -0.15) is 13.2 Å². The molecule has 2 N–H and O–H groups in total. The van der Waals surface area contributed by atoms with Gasteiger partial charge in [0.05, 0.1) is 23.5 Å². The van der Waals surface area contributed by atoms with E-state index in [9.17, 15) is 18.0 Å². The Bertz CT molecular complexity index is 740. The summed E-state index contributed by atoms with van der Waals surface area (Å²) < 4.78 is 45.3. The third-order valence-electron chi connectivity index (χ3n) is 6.61. The minimum Gasteiger partial charge on any atom is -0.381 e. The van der Waals surface area contributed by atoms with E-state index in [2.05, 4.69) is 15.5 Å². The van der Waals surface area contributed by atoms with E-state index >= 15 is 0 Å². The number of urea groups is 1. The normalized spacial score (nSPS) is 23.3. The molecule has 2 atom stereocenters.